The summed E-state index contributed by atoms with van der Waals surface area (Å²) >= 11 is 0. The zero-order chi connectivity index (χ0) is 11.3. The van der Waals surface area contributed by atoms with E-state index in [1.54, 1.807) is 0 Å². The van der Waals surface area contributed by atoms with Crippen molar-refractivity contribution in [2.45, 2.75) is 32.7 Å². The molecule has 0 bridgehead atoms. The van der Waals surface area contributed by atoms with Crippen molar-refractivity contribution < 1.29 is 9.53 Å². The molecule has 4 heteroatoms. The monoisotopic (exact) mass is 214 g/mol. The van der Waals surface area contributed by atoms with Gasteiger partial charge in [0.2, 0.25) is 5.91 Å². The van der Waals surface area contributed by atoms with Crippen LogP contribution in [0.2, 0.25) is 0 Å². The molecule has 1 aliphatic heterocycles. The summed E-state index contributed by atoms with van der Waals surface area (Å²) in [6, 6.07) is -0.368. The van der Waals surface area contributed by atoms with Crippen LogP contribution in [0.5, 0.6) is 0 Å². The third kappa shape index (κ3) is 4.18. The van der Waals surface area contributed by atoms with Gasteiger partial charge in [0.1, 0.15) is 0 Å². The maximum absolute atomic E-state index is 11.7. The molecular formula is C11H22N2O2. The zero-order valence-electron chi connectivity index (χ0n) is 9.66. The number of nitrogens with one attached hydrogen (secondary N) is 1. The molecule has 3 N–H and O–H groups in total. The number of carbonyl (C=O) groups excluding carboxylic acids is 1. The van der Waals surface area contributed by atoms with Crippen molar-refractivity contribution in [1.82, 2.24) is 5.32 Å². The fourth-order valence-corrected chi connectivity index (χ4v) is 1.71. The maximum Gasteiger partial charge on any atom is 0.237 e. The topological polar surface area (TPSA) is 64.4 Å². The van der Waals surface area contributed by atoms with Crippen molar-refractivity contribution in [3.63, 3.8) is 0 Å². The van der Waals surface area contributed by atoms with Crippen LogP contribution in [0.4, 0.5) is 0 Å². The van der Waals surface area contributed by atoms with E-state index in [0.29, 0.717) is 12.5 Å². The minimum Gasteiger partial charge on any atom is -0.381 e. The van der Waals surface area contributed by atoms with E-state index in [9.17, 15) is 4.79 Å². The minimum absolute atomic E-state index is 0.0180. The van der Waals surface area contributed by atoms with Gasteiger partial charge in [0.15, 0.2) is 0 Å². The fourth-order valence-electron chi connectivity index (χ4n) is 1.71. The van der Waals surface area contributed by atoms with Crippen LogP contribution in [-0.4, -0.2) is 31.7 Å². The number of amides is 1. The molecule has 1 saturated heterocycles. The third-order valence-corrected chi connectivity index (χ3v) is 2.76. The summed E-state index contributed by atoms with van der Waals surface area (Å²) in [7, 11) is 0. The molecule has 15 heavy (non-hydrogen) atoms. The average Bonchev–Trinajstić information content (AvgIpc) is 2.26. The van der Waals surface area contributed by atoms with E-state index in [-0.39, 0.29) is 17.9 Å². The van der Waals surface area contributed by atoms with E-state index >= 15 is 0 Å². The van der Waals surface area contributed by atoms with Gasteiger partial charge in [0.25, 0.3) is 0 Å². The summed E-state index contributed by atoms with van der Waals surface area (Å²) in [5.74, 6) is 0.734. The highest BCUT2D eigenvalue weighted by atomic mass is 16.5. The quantitative estimate of drug-likeness (QED) is 0.717. The van der Waals surface area contributed by atoms with E-state index in [2.05, 4.69) is 19.2 Å². The van der Waals surface area contributed by atoms with Gasteiger partial charge in [-0.15, -0.1) is 0 Å². The molecule has 0 aromatic rings. The highest BCUT2D eigenvalue weighted by molar-refractivity contribution is 5.81. The lowest BCUT2D eigenvalue weighted by Gasteiger charge is -2.26. The molecule has 1 amide bonds. The van der Waals surface area contributed by atoms with Gasteiger partial charge in [-0.3, -0.25) is 4.79 Å². The van der Waals surface area contributed by atoms with Crippen LogP contribution in [0.3, 0.4) is 0 Å². The first-order chi connectivity index (χ1) is 7.11. The van der Waals surface area contributed by atoms with Crippen LogP contribution < -0.4 is 11.1 Å². The second kappa shape index (κ2) is 6.08. The average molecular weight is 214 g/mol. The second-order valence-corrected chi connectivity index (χ2v) is 4.61. The number of nitrogens with two attached hydrogens (primary N) is 1. The van der Waals surface area contributed by atoms with Crippen LogP contribution in [-0.2, 0) is 9.53 Å². The lowest BCUT2D eigenvalue weighted by molar-refractivity contribution is -0.124. The van der Waals surface area contributed by atoms with Crippen LogP contribution in [0.15, 0.2) is 0 Å². The molecule has 1 rings (SSSR count). The first kappa shape index (κ1) is 12.5. The lowest BCUT2D eigenvalue weighted by atomic mass is 9.92. The van der Waals surface area contributed by atoms with Crippen LogP contribution in [0, 0.1) is 11.8 Å². The van der Waals surface area contributed by atoms with Crippen molar-refractivity contribution in [1.29, 1.82) is 0 Å². The molecule has 0 aliphatic carbocycles. The predicted octanol–water partition coefficient (Wildman–Crippen LogP) is 0.513. The Hall–Kier alpha value is -0.610. The van der Waals surface area contributed by atoms with Crippen molar-refractivity contribution in [3.8, 4) is 0 Å². The highest BCUT2D eigenvalue weighted by Gasteiger charge is 2.26. The summed E-state index contributed by atoms with van der Waals surface area (Å²) in [6.07, 6.45) is 1.80. The number of ether oxygens (including phenoxy) is 1. The predicted molar refractivity (Wildman–Crippen MR) is 59.4 cm³/mol. The highest BCUT2D eigenvalue weighted by Crippen LogP contribution is 2.17. The molecule has 0 radical (unpaired) electrons. The zero-order valence-corrected chi connectivity index (χ0v) is 9.66. The standard InChI is InChI=1S/C11H22N2O2/c1-8(2)7-13-11(14)10(12)9-3-5-15-6-4-9/h8-10H,3-7,12H2,1-2H3,(H,13,14). The Morgan fingerprint density at radius 1 is 1.47 bits per heavy atom. The SMILES string of the molecule is CC(C)CNC(=O)C(N)C1CCOCC1. The second-order valence-electron chi connectivity index (χ2n) is 4.61. The Labute approximate surface area is 91.5 Å². The van der Waals surface area contributed by atoms with Crippen LogP contribution >= 0.6 is 0 Å². The minimum atomic E-state index is -0.368. The summed E-state index contributed by atoms with van der Waals surface area (Å²) < 4.78 is 5.24. The van der Waals surface area contributed by atoms with Gasteiger partial charge in [-0.25, -0.2) is 0 Å². The Bertz CT molecular complexity index is 201. The first-order valence-electron chi connectivity index (χ1n) is 5.72. The maximum atomic E-state index is 11.7. The van der Waals surface area contributed by atoms with E-state index in [1.807, 2.05) is 0 Å². The van der Waals surface area contributed by atoms with Gasteiger partial charge in [-0.1, -0.05) is 13.8 Å². The van der Waals surface area contributed by atoms with E-state index in [0.717, 1.165) is 26.1 Å². The summed E-state index contributed by atoms with van der Waals surface area (Å²) in [5.41, 5.74) is 5.91. The van der Waals surface area contributed by atoms with Gasteiger partial charge in [0, 0.05) is 19.8 Å². The fraction of sp³-hybridized carbons (Fsp3) is 0.909. The molecule has 1 fully saturated rings. The number of carbonyl (C=O) groups is 1. The molecule has 0 saturated carbocycles. The smallest absolute Gasteiger partial charge is 0.237 e. The summed E-state index contributed by atoms with van der Waals surface area (Å²) in [4.78, 5) is 11.7. The van der Waals surface area contributed by atoms with Gasteiger partial charge in [-0.05, 0) is 24.7 Å². The molecule has 1 atom stereocenters. The Morgan fingerprint density at radius 2 is 2.07 bits per heavy atom. The molecule has 1 heterocycles. The molecule has 0 aromatic heterocycles. The Morgan fingerprint density at radius 3 is 2.60 bits per heavy atom. The van der Waals surface area contributed by atoms with Crippen molar-refractivity contribution in [3.05, 3.63) is 0 Å². The summed E-state index contributed by atoms with van der Waals surface area (Å²) in [5, 5.41) is 2.87. The van der Waals surface area contributed by atoms with Gasteiger partial charge in [-0.2, -0.15) is 0 Å². The van der Waals surface area contributed by atoms with E-state index in [1.165, 1.54) is 0 Å². The molecule has 0 spiro atoms. The first-order valence-corrected chi connectivity index (χ1v) is 5.72. The Kier molecular flexibility index (Phi) is 5.05. The molecule has 4 nitrogen and oxygen atoms in total. The lowest BCUT2D eigenvalue weighted by Crippen LogP contribution is -2.47. The van der Waals surface area contributed by atoms with Crippen molar-refractivity contribution in [2.24, 2.45) is 17.6 Å². The van der Waals surface area contributed by atoms with Crippen LogP contribution in [0.1, 0.15) is 26.7 Å². The van der Waals surface area contributed by atoms with Gasteiger partial charge < -0.3 is 15.8 Å². The third-order valence-electron chi connectivity index (χ3n) is 2.76. The van der Waals surface area contributed by atoms with Crippen molar-refractivity contribution in [2.75, 3.05) is 19.8 Å². The summed E-state index contributed by atoms with van der Waals surface area (Å²) in [6.45, 7) is 6.31. The molecule has 1 unspecified atom stereocenters. The van der Waals surface area contributed by atoms with Gasteiger partial charge in [0.05, 0.1) is 6.04 Å². The largest absolute Gasteiger partial charge is 0.381 e. The molecule has 0 aromatic carbocycles. The van der Waals surface area contributed by atoms with E-state index in [4.69, 9.17) is 10.5 Å². The van der Waals surface area contributed by atoms with Gasteiger partial charge >= 0.3 is 0 Å². The molecular weight excluding hydrogens is 192 g/mol. The Balaban J connectivity index is 2.30. The molecule has 88 valence electrons. The normalized spacial score (nSPS) is 20.3. The number of hydrogen-bond donors (Lipinski definition) is 2. The van der Waals surface area contributed by atoms with E-state index < -0.39 is 0 Å². The number of rotatable bonds is 4. The van der Waals surface area contributed by atoms with Crippen molar-refractivity contribution >= 4 is 5.91 Å². The molecule has 1 aliphatic rings. The number of hydrogen-bond acceptors (Lipinski definition) is 3. The van der Waals surface area contributed by atoms with Crippen LogP contribution in [0.25, 0.3) is 0 Å².